The van der Waals surface area contributed by atoms with Crippen LogP contribution in [-0.2, 0) is 12.8 Å². The number of aromatic nitrogens is 3. The maximum atomic E-state index is 5.20. The number of hydrogen-bond donors (Lipinski definition) is 0. The Balaban J connectivity index is 1.54. The van der Waals surface area contributed by atoms with Gasteiger partial charge in [-0.2, -0.15) is 0 Å². The second-order valence-electron chi connectivity index (χ2n) is 6.10. The van der Waals surface area contributed by atoms with E-state index in [0.29, 0.717) is 11.9 Å². The summed E-state index contributed by atoms with van der Waals surface area (Å²) in [7, 11) is 1.64. The lowest BCUT2D eigenvalue weighted by atomic mass is 10.1. The van der Waals surface area contributed by atoms with Crippen LogP contribution in [-0.4, -0.2) is 40.1 Å². The molecule has 1 unspecified atom stereocenters. The van der Waals surface area contributed by atoms with E-state index in [9.17, 15) is 0 Å². The predicted octanol–water partition coefficient (Wildman–Crippen LogP) is 3.26. The van der Waals surface area contributed by atoms with Gasteiger partial charge in [-0.15, -0.1) is 11.3 Å². The van der Waals surface area contributed by atoms with E-state index in [1.807, 2.05) is 5.51 Å². The normalized spacial score (nSPS) is 16.6. The first-order valence-corrected chi connectivity index (χ1v) is 9.08. The molecule has 0 spiro atoms. The summed E-state index contributed by atoms with van der Waals surface area (Å²) in [6.07, 6.45) is 3.55. The van der Waals surface area contributed by atoms with E-state index in [1.165, 1.54) is 10.3 Å². The predicted molar refractivity (Wildman–Crippen MR) is 95.6 cm³/mol. The maximum absolute atomic E-state index is 5.20. The van der Waals surface area contributed by atoms with Crippen molar-refractivity contribution < 1.29 is 4.74 Å². The number of methoxy groups -OCH3 is 1. The third-order valence-corrected chi connectivity index (χ3v) is 5.58. The van der Waals surface area contributed by atoms with Crippen LogP contribution in [0.2, 0.25) is 0 Å². The van der Waals surface area contributed by atoms with Crippen molar-refractivity contribution >= 4 is 21.6 Å². The van der Waals surface area contributed by atoms with Crippen LogP contribution in [0.1, 0.15) is 29.9 Å². The van der Waals surface area contributed by atoms with Crippen LogP contribution in [0.15, 0.2) is 29.9 Å². The zero-order valence-electron chi connectivity index (χ0n) is 13.9. The van der Waals surface area contributed by atoms with Crippen molar-refractivity contribution in [2.75, 3.05) is 20.2 Å². The third-order valence-electron chi connectivity index (χ3n) is 4.77. The van der Waals surface area contributed by atoms with Gasteiger partial charge in [0.05, 0.1) is 40.4 Å². The molecule has 0 saturated heterocycles. The van der Waals surface area contributed by atoms with E-state index in [2.05, 4.69) is 45.0 Å². The molecule has 3 heterocycles. The van der Waals surface area contributed by atoms with Gasteiger partial charge in [0, 0.05) is 32.0 Å². The third kappa shape index (κ3) is 2.87. The zero-order valence-corrected chi connectivity index (χ0v) is 14.7. The molecule has 0 fully saturated rings. The summed E-state index contributed by atoms with van der Waals surface area (Å²) >= 11 is 1.69. The highest BCUT2D eigenvalue weighted by Gasteiger charge is 2.21. The second kappa shape index (κ2) is 6.45. The van der Waals surface area contributed by atoms with E-state index in [4.69, 9.17) is 4.74 Å². The molecule has 0 saturated carbocycles. The van der Waals surface area contributed by atoms with Gasteiger partial charge in [-0.3, -0.25) is 9.88 Å². The lowest BCUT2D eigenvalue weighted by Gasteiger charge is -2.27. The summed E-state index contributed by atoms with van der Waals surface area (Å²) in [5.41, 5.74) is 6.49. The minimum atomic E-state index is 0.354. The number of ether oxygens (including phenoxy) is 1. The SMILES string of the molecule is COc1cnc2c(n1)CCN(C(C)c1ccc3scnc3c1)CC2. The monoisotopic (exact) mass is 340 g/mol. The smallest absolute Gasteiger partial charge is 0.232 e. The van der Waals surface area contributed by atoms with Gasteiger partial charge in [-0.1, -0.05) is 6.07 Å². The fraction of sp³-hybridized carbons (Fsp3) is 0.389. The molecule has 0 amide bonds. The largest absolute Gasteiger partial charge is 0.480 e. The number of thiazole rings is 1. The van der Waals surface area contributed by atoms with Gasteiger partial charge in [0.1, 0.15) is 0 Å². The van der Waals surface area contributed by atoms with Crippen LogP contribution in [0, 0.1) is 0 Å². The first kappa shape index (κ1) is 15.5. The zero-order chi connectivity index (χ0) is 16.5. The molecule has 0 N–H and O–H groups in total. The number of rotatable bonds is 3. The van der Waals surface area contributed by atoms with Gasteiger partial charge in [0.2, 0.25) is 5.88 Å². The van der Waals surface area contributed by atoms with Gasteiger partial charge < -0.3 is 4.74 Å². The molecule has 3 aromatic rings. The highest BCUT2D eigenvalue weighted by Crippen LogP contribution is 2.27. The van der Waals surface area contributed by atoms with E-state index in [1.54, 1.807) is 24.6 Å². The highest BCUT2D eigenvalue weighted by molar-refractivity contribution is 7.16. The van der Waals surface area contributed by atoms with Crippen molar-refractivity contribution in [3.63, 3.8) is 0 Å². The van der Waals surface area contributed by atoms with E-state index in [-0.39, 0.29) is 0 Å². The molecular weight excluding hydrogens is 320 g/mol. The number of nitrogens with zero attached hydrogens (tertiary/aromatic N) is 4. The van der Waals surface area contributed by atoms with Crippen LogP contribution < -0.4 is 4.74 Å². The van der Waals surface area contributed by atoms with Crippen LogP contribution >= 0.6 is 11.3 Å². The minimum absolute atomic E-state index is 0.354. The van der Waals surface area contributed by atoms with Gasteiger partial charge >= 0.3 is 0 Å². The maximum Gasteiger partial charge on any atom is 0.232 e. The van der Waals surface area contributed by atoms with E-state index < -0.39 is 0 Å². The molecule has 2 aromatic heterocycles. The van der Waals surface area contributed by atoms with Crippen LogP contribution in [0.4, 0.5) is 0 Å². The molecule has 1 aromatic carbocycles. The summed E-state index contributed by atoms with van der Waals surface area (Å²) in [5.74, 6) is 0.601. The van der Waals surface area contributed by atoms with Gasteiger partial charge in [-0.25, -0.2) is 9.97 Å². The fourth-order valence-corrected chi connectivity index (χ4v) is 3.94. The Kier molecular flexibility index (Phi) is 4.16. The number of fused-ring (bicyclic) bond motifs is 2. The molecule has 0 aliphatic carbocycles. The summed E-state index contributed by atoms with van der Waals surface area (Å²) in [6, 6.07) is 6.98. The number of hydrogen-bond acceptors (Lipinski definition) is 6. The topological polar surface area (TPSA) is 51.1 Å². The molecule has 0 bridgehead atoms. The quantitative estimate of drug-likeness (QED) is 0.732. The number of benzene rings is 1. The fourth-order valence-electron chi connectivity index (χ4n) is 3.29. The average molecular weight is 340 g/mol. The Morgan fingerprint density at radius 1 is 1.17 bits per heavy atom. The molecule has 0 radical (unpaired) electrons. The molecule has 124 valence electrons. The summed E-state index contributed by atoms with van der Waals surface area (Å²) in [6.45, 7) is 4.24. The Bertz CT molecular complexity index is 863. The van der Waals surface area contributed by atoms with Gasteiger partial charge in [-0.05, 0) is 24.6 Å². The Labute approximate surface area is 145 Å². The summed E-state index contributed by atoms with van der Waals surface area (Å²) in [4.78, 5) is 16.0. The van der Waals surface area contributed by atoms with Crippen molar-refractivity contribution in [3.05, 3.63) is 46.9 Å². The Morgan fingerprint density at radius 3 is 2.83 bits per heavy atom. The molecule has 1 aliphatic heterocycles. The standard InChI is InChI=1S/C18H20N4OS/c1-12(13-3-4-17-16(9-13)20-11-24-17)22-7-5-14-15(6-8-22)21-18(23-2)10-19-14/h3-4,9-12H,5-8H2,1-2H3. The summed E-state index contributed by atoms with van der Waals surface area (Å²) < 4.78 is 6.45. The summed E-state index contributed by atoms with van der Waals surface area (Å²) in [5, 5.41) is 0. The van der Waals surface area contributed by atoms with Crippen LogP contribution in [0.25, 0.3) is 10.2 Å². The molecular formula is C18H20N4OS. The van der Waals surface area contributed by atoms with Crippen molar-refractivity contribution in [2.24, 2.45) is 0 Å². The Hall–Kier alpha value is -2.05. The lowest BCUT2D eigenvalue weighted by Crippen LogP contribution is -2.29. The van der Waals surface area contributed by atoms with Gasteiger partial charge in [0.15, 0.2) is 0 Å². The van der Waals surface area contributed by atoms with Crippen LogP contribution in [0.3, 0.4) is 0 Å². The molecule has 24 heavy (non-hydrogen) atoms. The molecule has 1 aliphatic rings. The molecule has 6 heteroatoms. The van der Waals surface area contributed by atoms with Crippen molar-refractivity contribution in [1.29, 1.82) is 0 Å². The average Bonchev–Trinajstić information content (AvgIpc) is 2.99. The first-order chi connectivity index (χ1) is 11.7. The first-order valence-electron chi connectivity index (χ1n) is 8.20. The van der Waals surface area contributed by atoms with Crippen molar-refractivity contribution in [1.82, 2.24) is 19.9 Å². The van der Waals surface area contributed by atoms with E-state index >= 15 is 0 Å². The molecule has 4 rings (SSSR count). The van der Waals surface area contributed by atoms with Crippen LogP contribution in [0.5, 0.6) is 5.88 Å². The lowest BCUT2D eigenvalue weighted by molar-refractivity contribution is 0.220. The van der Waals surface area contributed by atoms with Gasteiger partial charge in [0.25, 0.3) is 0 Å². The van der Waals surface area contributed by atoms with Crippen molar-refractivity contribution in [2.45, 2.75) is 25.8 Å². The Morgan fingerprint density at radius 2 is 2.00 bits per heavy atom. The minimum Gasteiger partial charge on any atom is -0.480 e. The molecule has 5 nitrogen and oxygen atoms in total. The molecule has 1 atom stereocenters. The highest BCUT2D eigenvalue weighted by atomic mass is 32.1. The second-order valence-corrected chi connectivity index (χ2v) is 6.98. The van der Waals surface area contributed by atoms with Crippen molar-refractivity contribution in [3.8, 4) is 5.88 Å². The van der Waals surface area contributed by atoms with E-state index in [0.717, 1.165) is 42.8 Å².